The largest absolute Gasteiger partial charge is 0.383 e. The van der Waals surface area contributed by atoms with Crippen molar-refractivity contribution in [3.63, 3.8) is 0 Å². The summed E-state index contributed by atoms with van der Waals surface area (Å²) in [5, 5.41) is 7.15. The van der Waals surface area contributed by atoms with Crippen molar-refractivity contribution in [3.8, 4) is 16.9 Å². The third kappa shape index (κ3) is 4.10. The van der Waals surface area contributed by atoms with E-state index < -0.39 is 0 Å². The van der Waals surface area contributed by atoms with Crippen molar-refractivity contribution in [2.75, 3.05) is 20.3 Å². The first-order valence-corrected chi connectivity index (χ1v) is 8.02. The molecule has 25 heavy (non-hydrogen) atoms. The number of hydrogen-bond donors (Lipinski definition) is 1. The molecule has 1 N–H and O–H groups in total. The maximum Gasteiger partial charge on any atom is 0.252 e. The second kappa shape index (κ2) is 7.72. The SMILES string of the molecule is COCCNC(=O)c1ccc(-c2cnn(-c3ccc(C)cc3)c2)nc1. The summed E-state index contributed by atoms with van der Waals surface area (Å²) in [4.78, 5) is 16.3. The lowest BCUT2D eigenvalue weighted by molar-refractivity contribution is 0.0937. The van der Waals surface area contributed by atoms with Gasteiger partial charge >= 0.3 is 0 Å². The van der Waals surface area contributed by atoms with Crippen molar-refractivity contribution in [1.82, 2.24) is 20.1 Å². The Labute approximate surface area is 146 Å². The van der Waals surface area contributed by atoms with Crippen molar-refractivity contribution in [2.24, 2.45) is 0 Å². The molecule has 6 heteroatoms. The molecule has 2 heterocycles. The van der Waals surface area contributed by atoms with Gasteiger partial charge in [-0.15, -0.1) is 0 Å². The second-order valence-electron chi connectivity index (χ2n) is 5.69. The van der Waals surface area contributed by atoms with Gasteiger partial charge in [0.1, 0.15) is 0 Å². The van der Waals surface area contributed by atoms with Gasteiger partial charge in [0.2, 0.25) is 0 Å². The van der Waals surface area contributed by atoms with Gasteiger partial charge in [0.15, 0.2) is 0 Å². The van der Waals surface area contributed by atoms with E-state index in [0.717, 1.165) is 16.9 Å². The summed E-state index contributed by atoms with van der Waals surface area (Å²) in [5.74, 6) is -0.161. The monoisotopic (exact) mass is 336 g/mol. The minimum absolute atomic E-state index is 0.161. The van der Waals surface area contributed by atoms with Crippen molar-refractivity contribution in [2.45, 2.75) is 6.92 Å². The average Bonchev–Trinajstić information content (AvgIpc) is 3.13. The van der Waals surface area contributed by atoms with Crippen LogP contribution in [-0.4, -0.2) is 40.9 Å². The molecule has 0 aliphatic carbocycles. The van der Waals surface area contributed by atoms with E-state index in [-0.39, 0.29) is 5.91 Å². The summed E-state index contributed by atoms with van der Waals surface area (Å²) < 4.78 is 6.72. The Morgan fingerprint density at radius 2 is 1.96 bits per heavy atom. The first kappa shape index (κ1) is 16.9. The molecule has 0 atom stereocenters. The Hall–Kier alpha value is -2.99. The quantitative estimate of drug-likeness (QED) is 0.703. The zero-order chi connectivity index (χ0) is 17.6. The van der Waals surface area contributed by atoms with Crippen molar-refractivity contribution < 1.29 is 9.53 Å². The molecule has 2 aromatic heterocycles. The van der Waals surface area contributed by atoms with Gasteiger partial charge in [0.05, 0.1) is 29.7 Å². The van der Waals surface area contributed by atoms with Crippen LogP contribution in [0.25, 0.3) is 16.9 Å². The fourth-order valence-corrected chi connectivity index (χ4v) is 2.36. The summed E-state index contributed by atoms with van der Waals surface area (Å²) in [6, 6.07) is 11.7. The minimum atomic E-state index is -0.161. The van der Waals surface area contributed by atoms with Crippen LogP contribution in [0.5, 0.6) is 0 Å². The number of nitrogens with one attached hydrogen (secondary N) is 1. The number of aromatic nitrogens is 3. The molecule has 0 aliphatic rings. The van der Waals surface area contributed by atoms with Gasteiger partial charge in [-0.3, -0.25) is 9.78 Å². The fourth-order valence-electron chi connectivity index (χ4n) is 2.36. The van der Waals surface area contributed by atoms with Gasteiger partial charge in [0.25, 0.3) is 5.91 Å². The van der Waals surface area contributed by atoms with Gasteiger partial charge in [-0.05, 0) is 31.2 Å². The number of methoxy groups -OCH3 is 1. The van der Waals surface area contributed by atoms with Crippen LogP contribution >= 0.6 is 0 Å². The average molecular weight is 336 g/mol. The molecular weight excluding hydrogens is 316 g/mol. The number of rotatable bonds is 6. The molecular formula is C19H20N4O2. The highest BCUT2D eigenvalue weighted by molar-refractivity contribution is 5.94. The molecule has 0 bridgehead atoms. The van der Waals surface area contributed by atoms with E-state index in [9.17, 15) is 4.79 Å². The maximum absolute atomic E-state index is 12.0. The highest BCUT2D eigenvalue weighted by Crippen LogP contribution is 2.18. The number of amides is 1. The molecule has 128 valence electrons. The second-order valence-corrected chi connectivity index (χ2v) is 5.69. The Bertz CT molecular complexity index is 839. The number of aryl methyl sites for hydroxylation is 1. The number of pyridine rings is 1. The predicted molar refractivity (Wildman–Crippen MR) is 95.7 cm³/mol. The highest BCUT2D eigenvalue weighted by Gasteiger charge is 2.08. The van der Waals surface area contributed by atoms with Crippen LogP contribution in [0.4, 0.5) is 0 Å². The lowest BCUT2D eigenvalue weighted by Crippen LogP contribution is -2.26. The van der Waals surface area contributed by atoms with Crippen LogP contribution in [0.15, 0.2) is 55.0 Å². The number of ether oxygens (including phenoxy) is 1. The van der Waals surface area contributed by atoms with Crippen LogP contribution in [0.1, 0.15) is 15.9 Å². The molecule has 0 saturated heterocycles. The number of carbonyl (C=O) groups is 1. The molecule has 1 amide bonds. The number of carbonyl (C=O) groups excluding carboxylic acids is 1. The topological polar surface area (TPSA) is 69.0 Å². The van der Waals surface area contributed by atoms with Crippen molar-refractivity contribution in [3.05, 3.63) is 66.1 Å². The summed E-state index contributed by atoms with van der Waals surface area (Å²) in [6.07, 6.45) is 5.26. The molecule has 6 nitrogen and oxygen atoms in total. The first-order valence-electron chi connectivity index (χ1n) is 8.02. The van der Waals surface area contributed by atoms with E-state index in [4.69, 9.17) is 4.74 Å². The van der Waals surface area contributed by atoms with Gasteiger partial charge in [-0.25, -0.2) is 4.68 Å². The van der Waals surface area contributed by atoms with Gasteiger partial charge in [0, 0.05) is 31.6 Å². The Kier molecular flexibility index (Phi) is 5.20. The number of benzene rings is 1. The van der Waals surface area contributed by atoms with E-state index in [2.05, 4.69) is 22.3 Å². The molecule has 0 unspecified atom stereocenters. The summed E-state index contributed by atoms with van der Waals surface area (Å²) in [6.45, 7) is 3.01. The van der Waals surface area contributed by atoms with Crippen LogP contribution in [-0.2, 0) is 4.74 Å². The highest BCUT2D eigenvalue weighted by atomic mass is 16.5. The van der Waals surface area contributed by atoms with Crippen molar-refractivity contribution in [1.29, 1.82) is 0 Å². The fraction of sp³-hybridized carbons (Fsp3) is 0.211. The van der Waals surface area contributed by atoms with Gasteiger partial charge in [-0.1, -0.05) is 17.7 Å². The summed E-state index contributed by atoms with van der Waals surface area (Å²) in [7, 11) is 1.60. The van der Waals surface area contributed by atoms with Crippen LogP contribution < -0.4 is 5.32 Å². The molecule has 0 saturated carbocycles. The zero-order valence-corrected chi connectivity index (χ0v) is 14.3. The Morgan fingerprint density at radius 1 is 1.16 bits per heavy atom. The summed E-state index contributed by atoms with van der Waals surface area (Å²) >= 11 is 0. The molecule has 0 radical (unpaired) electrons. The Balaban J connectivity index is 1.72. The minimum Gasteiger partial charge on any atom is -0.383 e. The lowest BCUT2D eigenvalue weighted by Gasteiger charge is -2.04. The molecule has 3 rings (SSSR count). The third-order valence-corrected chi connectivity index (χ3v) is 3.79. The van der Waals surface area contributed by atoms with E-state index in [1.807, 2.05) is 41.2 Å². The van der Waals surface area contributed by atoms with Gasteiger partial charge in [-0.2, -0.15) is 5.10 Å². The van der Waals surface area contributed by atoms with Crippen molar-refractivity contribution >= 4 is 5.91 Å². The predicted octanol–water partition coefficient (Wildman–Crippen LogP) is 2.62. The van der Waals surface area contributed by atoms with Gasteiger partial charge < -0.3 is 10.1 Å². The molecule has 0 fully saturated rings. The van der Waals surface area contributed by atoms with E-state index in [1.165, 1.54) is 5.56 Å². The number of hydrogen-bond acceptors (Lipinski definition) is 4. The third-order valence-electron chi connectivity index (χ3n) is 3.79. The Morgan fingerprint density at radius 3 is 2.64 bits per heavy atom. The van der Waals surface area contributed by atoms with E-state index in [0.29, 0.717) is 18.7 Å². The van der Waals surface area contributed by atoms with E-state index >= 15 is 0 Å². The standard InChI is InChI=1S/C19H20N4O2/c1-14-3-6-17(7-4-14)23-13-16(12-22-23)18-8-5-15(11-21-18)19(24)20-9-10-25-2/h3-8,11-13H,9-10H2,1-2H3,(H,20,24). The molecule has 0 aliphatic heterocycles. The molecule has 1 aromatic carbocycles. The zero-order valence-electron chi connectivity index (χ0n) is 14.3. The smallest absolute Gasteiger partial charge is 0.252 e. The molecule has 3 aromatic rings. The van der Waals surface area contributed by atoms with Crippen LogP contribution in [0.2, 0.25) is 0 Å². The van der Waals surface area contributed by atoms with E-state index in [1.54, 1.807) is 25.6 Å². The first-order chi connectivity index (χ1) is 12.2. The summed E-state index contributed by atoms with van der Waals surface area (Å²) in [5.41, 5.74) is 4.38. The van der Waals surface area contributed by atoms with Crippen LogP contribution in [0.3, 0.4) is 0 Å². The normalized spacial score (nSPS) is 10.6. The molecule has 0 spiro atoms. The maximum atomic E-state index is 12.0. The van der Waals surface area contributed by atoms with Crippen LogP contribution in [0, 0.1) is 6.92 Å². The number of nitrogens with zero attached hydrogens (tertiary/aromatic N) is 3. The lowest BCUT2D eigenvalue weighted by atomic mass is 10.2.